The van der Waals surface area contributed by atoms with Crippen LogP contribution in [0.3, 0.4) is 0 Å². The number of aromatic amines is 1. The summed E-state index contributed by atoms with van der Waals surface area (Å²) in [5.41, 5.74) is 5.14. The van der Waals surface area contributed by atoms with E-state index < -0.39 is 0 Å². The number of aryl methyl sites for hydroxylation is 2. The highest BCUT2D eigenvalue weighted by Crippen LogP contribution is 2.37. The molecule has 2 aromatic carbocycles. The van der Waals surface area contributed by atoms with E-state index in [1.807, 2.05) is 30.3 Å². The summed E-state index contributed by atoms with van der Waals surface area (Å²) < 4.78 is 6.10. The molecule has 4 aromatic rings. The first-order chi connectivity index (χ1) is 10.7. The lowest BCUT2D eigenvalue weighted by atomic mass is 10.0. The van der Waals surface area contributed by atoms with Crippen LogP contribution in [0.15, 0.2) is 46.9 Å². The molecule has 0 atom stereocenters. The van der Waals surface area contributed by atoms with Gasteiger partial charge in [0.25, 0.3) is 0 Å². The Labute approximate surface area is 127 Å². The van der Waals surface area contributed by atoms with Gasteiger partial charge < -0.3 is 4.42 Å². The van der Waals surface area contributed by atoms with Gasteiger partial charge in [0.15, 0.2) is 5.82 Å². The maximum Gasteiger partial charge on any atom is 0.180 e. The molecule has 0 fully saturated rings. The molecule has 0 aliphatic carbocycles. The summed E-state index contributed by atoms with van der Waals surface area (Å²) in [6, 6.07) is 14.2. The first-order valence-electron chi connectivity index (χ1n) is 7.07. The molecule has 0 saturated carbocycles. The summed E-state index contributed by atoms with van der Waals surface area (Å²) in [5, 5.41) is 15.3. The van der Waals surface area contributed by atoms with Crippen molar-refractivity contribution in [3.05, 3.63) is 53.6 Å². The molecule has 4 rings (SSSR count). The number of aromatic nitrogens is 4. The van der Waals surface area contributed by atoms with Gasteiger partial charge >= 0.3 is 0 Å². The molecule has 2 heterocycles. The predicted molar refractivity (Wildman–Crippen MR) is 84.3 cm³/mol. The van der Waals surface area contributed by atoms with Crippen LogP contribution in [-0.2, 0) is 0 Å². The van der Waals surface area contributed by atoms with Gasteiger partial charge in [-0.3, -0.25) is 0 Å². The first-order valence-corrected chi connectivity index (χ1v) is 7.07. The fraction of sp³-hybridized carbons (Fsp3) is 0.118. The van der Waals surface area contributed by atoms with E-state index in [1.165, 1.54) is 5.56 Å². The topological polar surface area (TPSA) is 67.6 Å². The molecular weight excluding hydrogens is 276 g/mol. The Bertz CT molecular complexity index is 954. The second-order valence-electron chi connectivity index (χ2n) is 5.35. The largest absolute Gasteiger partial charge is 0.456 e. The van der Waals surface area contributed by atoms with Crippen LogP contribution in [0.25, 0.3) is 33.7 Å². The minimum absolute atomic E-state index is 0.631. The Hall–Kier alpha value is -2.95. The van der Waals surface area contributed by atoms with E-state index in [-0.39, 0.29) is 0 Å². The highest BCUT2D eigenvalue weighted by Gasteiger charge is 2.17. The summed E-state index contributed by atoms with van der Waals surface area (Å²) in [5.74, 6) is 1.49. The standard InChI is InChI=1S/C17H14N4O/c1-10-7-8-15-14(9-10)11(2)16(22-15)12-5-3-4-6-13(12)17-18-20-21-19-17/h3-9H,1-2H3,(H,18,19,20,21). The average molecular weight is 290 g/mol. The summed E-state index contributed by atoms with van der Waals surface area (Å²) in [6.07, 6.45) is 0. The number of H-pyrrole nitrogens is 1. The lowest BCUT2D eigenvalue weighted by Crippen LogP contribution is -1.87. The summed E-state index contributed by atoms with van der Waals surface area (Å²) in [7, 11) is 0. The van der Waals surface area contributed by atoms with Crippen LogP contribution in [0.2, 0.25) is 0 Å². The van der Waals surface area contributed by atoms with Gasteiger partial charge in [0.2, 0.25) is 0 Å². The zero-order valence-corrected chi connectivity index (χ0v) is 12.3. The number of hydrogen-bond donors (Lipinski definition) is 1. The molecule has 5 nitrogen and oxygen atoms in total. The van der Waals surface area contributed by atoms with Gasteiger partial charge in [-0.15, -0.1) is 5.10 Å². The lowest BCUT2D eigenvalue weighted by Gasteiger charge is -2.04. The minimum atomic E-state index is 0.631. The van der Waals surface area contributed by atoms with Crippen molar-refractivity contribution in [3.8, 4) is 22.7 Å². The molecular formula is C17H14N4O. The third-order valence-corrected chi connectivity index (χ3v) is 3.86. The molecule has 2 aromatic heterocycles. The smallest absolute Gasteiger partial charge is 0.180 e. The van der Waals surface area contributed by atoms with Crippen molar-refractivity contribution < 1.29 is 4.42 Å². The van der Waals surface area contributed by atoms with Crippen molar-refractivity contribution >= 4 is 11.0 Å². The van der Waals surface area contributed by atoms with Gasteiger partial charge in [-0.25, -0.2) is 5.10 Å². The van der Waals surface area contributed by atoms with Crippen molar-refractivity contribution in [2.24, 2.45) is 0 Å². The van der Waals surface area contributed by atoms with Crippen LogP contribution < -0.4 is 0 Å². The van der Waals surface area contributed by atoms with Crippen LogP contribution in [0.4, 0.5) is 0 Å². The third-order valence-electron chi connectivity index (χ3n) is 3.86. The van der Waals surface area contributed by atoms with Crippen LogP contribution in [0, 0.1) is 13.8 Å². The molecule has 0 spiro atoms. The van der Waals surface area contributed by atoms with Crippen LogP contribution in [0.5, 0.6) is 0 Å². The quantitative estimate of drug-likeness (QED) is 0.608. The van der Waals surface area contributed by atoms with E-state index in [1.54, 1.807) is 0 Å². The van der Waals surface area contributed by atoms with Gasteiger partial charge in [-0.05, 0) is 36.4 Å². The second-order valence-corrected chi connectivity index (χ2v) is 5.35. The number of benzene rings is 2. The van der Waals surface area contributed by atoms with Crippen molar-refractivity contribution in [2.75, 3.05) is 0 Å². The zero-order chi connectivity index (χ0) is 15.1. The van der Waals surface area contributed by atoms with E-state index in [4.69, 9.17) is 4.42 Å². The molecule has 0 aliphatic heterocycles. The summed E-state index contributed by atoms with van der Waals surface area (Å²) in [4.78, 5) is 0. The fourth-order valence-corrected chi connectivity index (χ4v) is 2.75. The van der Waals surface area contributed by atoms with Crippen molar-refractivity contribution in [1.29, 1.82) is 0 Å². The number of nitrogens with zero attached hydrogens (tertiary/aromatic N) is 3. The maximum atomic E-state index is 6.10. The summed E-state index contributed by atoms with van der Waals surface area (Å²) in [6.45, 7) is 4.16. The molecule has 0 unspecified atom stereocenters. The highest BCUT2D eigenvalue weighted by molar-refractivity contribution is 5.91. The summed E-state index contributed by atoms with van der Waals surface area (Å²) >= 11 is 0. The average Bonchev–Trinajstić information content (AvgIpc) is 3.16. The molecule has 0 amide bonds. The van der Waals surface area contributed by atoms with Gasteiger partial charge in [-0.2, -0.15) is 0 Å². The number of fused-ring (bicyclic) bond motifs is 1. The molecule has 0 aliphatic rings. The van der Waals surface area contributed by atoms with Crippen molar-refractivity contribution in [1.82, 2.24) is 20.6 Å². The van der Waals surface area contributed by atoms with Crippen LogP contribution in [-0.4, -0.2) is 20.6 Å². The molecule has 22 heavy (non-hydrogen) atoms. The SMILES string of the molecule is Cc1ccc2oc(-c3ccccc3-c3nnn[nH]3)c(C)c2c1. The Balaban J connectivity index is 1.99. The van der Waals surface area contributed by atoms with Crippen LogP contribution >= 0.6 is 0 Å². The monoisotopic (exact) mass is 290 g/mol. The van der Waals surface area contributed by atoms with E-state index >= 15 is 0 Å². The Kier molecular flexibility index (Phi) is 2.79. The number of tetrazole rings is 1. The number of rotatable bonds is 2. The third kappa shape index (κ3) is 1.90. The van der Waals surface area contributed by atoms with Crippen LogP contribution in [0.1, 0.15) is 11.1 Å². The van der Waals surface area contributed by atoms with Gasteiger partial charge in [-0.1, -0.05) is 35.9 Å². The normalized spacial score (nSPS) is 11.2. The minimum Gasteiger partial charge on any atom is -0.456 e. The molecule has 0 saturated heterocycles. The predicted octanol–water partition coefficient (Wildman–Crippen LogP) is 3.90. The Morgan fingerprint density at radius 3 is 2.59 bits per heavy atom. The molecule has 1 N–H and O–H groups in total. The Morgan fingerprint density at radius 1 is 1.00 bits per heavy atom. The number of nitrogens with one attached hydrogen (secondary N) is 1. The second kappa shape index (κ2) is 4.80. The van der Waals surface area contributed by atoms with Gasteiger partial charge in [0, 0.05) is 22.1 Å². The van der Waals surface area contributed by atoms with E-state index in [9.17, 15) is 0 Å². The molecule has 5 heteroatoms. The molecule has 0 radical (unpaired) electrons. The first kappa shape index (κ1) is 12.8. The van der Waals surface area contributed by atoms with Crippen molar-refractivity contribution in [3.63, 3.8) is 0 Å². The Morgan fingerprint density at radius 2 is 1.82 bits per heavy atom. The molecule has 0 bridgehead atoms. The van der Waals surface area contributed by atoms with Gasteiger partial charge in [0.1, 0.15) is 11.3 Å². The maximum absolute atomic E-state index is 6.10. The van der Waals surface area contributed by atoms with Gasteiger partial charge in [0.05, 0.1) is 0 Å². The van der Waals surface area contributed by atoms with E-state index in [2.05, 4.69) is 46.6 Å². The van der Waals surface area contributed by atoms with E-state index in [0.717, 1.165) is 33.4 Å². The number of hydrogen-bond acceptors (Lipinski definition) is 4. The lowest BCUT2D eigenvalue weighted by molar-refractivity contribution is 0.629. The number of furan rings is 1. The molecule has 108 valence electrons. The highest BCUT2D eigenvalue weighted by atomic mass is 16.3. The van der Waals surface area contributed by atoms with E-state index in [0.29, 0.717) is 5.82 Å². The van der Waals surface area contributed by atoms with Crippen molar-refractivity contribution in [2.45, 2.75) is 13.8 Å². The zero-order valence-electron chi connectivity index (χ0n) is 12.3. The fourth-order valence-electron chi connectivity index (χ4n) is 2.75.